The number of carbonyl (C=O) groups is 1. The molecule has 0 aliphatic heterocycles. The van der Waals surface area contributed by atoms with Crippen molar-refractivity contribution in [3.63, 3.8) is 0 Å². The molecule has 1 amide bonds. The zero-order valence-electron chi connectivity index (χ0n) is 15.7. The Hall–Kier alpha value is -2.54. The first-order valence-corrected chi connectivity index (χ1v) is 10.9. The second-order valence-corrected chi connectivity index (χ2v) is 9.06. The third-order valence-corrected chi connectivity index (χ3v) is 6.16. The monoisotopic (exact) mass is 448 g/mol. The van der Waals surface area contributed by atoms with Crippen LogP contribution in [0.25, 0.3) is 0 Å². The van der Waals surface area contributed by atoms with E-state index in [1.807, 2.05) is 6.92 Å². The van der Waals surface area contributed by atoms with Crippen LogP contribution in [0.2, 0.25) is 10.0 Å². The van der Waals surface area contributed by atoms with E-state index in [1.54, 1.807) is 43.3 Å². The molecule has 0 aromatic heterocycles. The molecule has 0 bridgehead atoms. The lowest BCUT2D eigenvalue weighted by molar-refractivity contribution is 0.102. The Morgan fingerprint density at radius 1 is 0.793 bits per heavy atom. The van der Waals surface area contributed by atoms with E-state index in [-0.39, 0.29) is 10.8 Å². The van der Waals surface area contributed by atoms with E-state index in [4.69, 9.17) is 23.2 Å². The summed E-state index contributed by atoms with van der Waals surface area (Å²) in [7, 11) is -3.77. The molecule has 0 aliphatic carbocycles. The van der Waals surface area contributed by atoms with Gasteiger partial charge < -0.3 is 5.32 Å². The van der Waals surface area contributed by atoms with Gasteiger partial charge in [-0.2, -0.15) is 0 Å². The fraction of sp³-hybridized carbons (Fsp3) is 0.0952. The van der Waals surface area contributed by atoms with Crippen LogP contribution >= 0.6 is 23.2 Å². The van der Waals surface area contributed by atoms with Gasteiger partial charge in [0, 0.05) is 21.3 Å². The minimum absolute atomic E-state index is 0.0985. The van der Waals surface area contributed by atoms with Crippen LogP contribution in [-0.4, -0.2) is 14.3 Å². The number of anilines is 2. The number of hydrogen-bond acceptors (Lipinski definition) is 3. The predicted octanol–water partition coefficient (Wildman–Crippen LogP) is 5.66. The molecule has 3 rings (SSSR count). The molecular weight excluding hydrogens is 431 g/mol. The number of rotatable bonds is 5. The van der Waals surface area contributed by atoms with Crippen LogP contribution in [0, 0.1) is 13.8 Å². The lowest BCUT2D eigenvalue weighted by atomic mass is 10.1. The summed E-state index contributed by atoms with van der Waals surface area (Å²) < 4.78 is 27.6. The number of aryl methyl sites for hydroxylation is 2. The number of carbonyl (C=O) groups excluding carboxylic acids is 1. The number of nitrogens with one attached hydrogen (secondary N) is 2. The SMILES string of the molecule is Cc1cc(Cl)ccc1NC(=O)c1ccc(NS(=O)(=O)c2ccc(Cl)cc2)c(C)c1. The fourth-order valence-electron chi connectivity index (χ4n) is 2.70. The molecule has 150 valence electrons. The van der Waals surface area contributed by atoms with Crippen molar-refractivity contribution in [3.8, 4) is 0 Å². The summed E-state index contributed by atoms with van der Waals surface area (Å²) >= 11 is 11.7. The Balaban J connectivity index is 1.79. The maximum absolute atomic E-state index is 12.6. The summed E-state index contributed by atoms with van der Waals surface area (Å²) in [5, 5.41) is 3.87. The minimum Gasteiger partial charge on any atom is -0.322 e. The van der Waals surface area contributed by atoms with Gasteiger partial charge in [-0.05, 0) is 85.6 Å². The average Bonchev–Trinajstić information content (AvgIpc) is 2.66. The highest BCUT2D eigenvalue weighted by Gasteiger charge is 2.16. The normalized spacial score (nSPS) is 11.2. The van der Waals surface area contributed by atoms with E-state index in [1.165, 1.54) is 24.3 Å². The fourth-order valence-corrected chi connectivity index (χ4v) is 4.18. The molecule has 0 fully saturated rings. The first-order chi connectivity index (χ1) is 13.7. The third-order valence-electron chi connectivity index (χ3n) is 4.29. The van der Waals surface area contributed by atoms with Crippen LogP contribution in [0.4, 0.5) is 11.4 Å². The molecule has 8 heteroatoms. The molecule has 0 saturated carbocycles. The van der Waals surface area contributed by atoms with E-state index in [0.29, 0.717) is 32.5 Å². The van der Waals surface area contributed by atoms with Crippen molar-refractivity contribution in [3.05, 3.63) is 87.4 Å². The van der Waals surface area contributed by atoms with E-state index in [2.05, 4.69) is 10.0 Å². The van der Waals surface area contributed by atoms with Gasteiger partial charge in [-0.15, -0.1) is 0 Å². The van der Waals surface area contributed by atoms with Gasteiger partial charge in [0.15, 0.2) is 0 Å². The third kappa shape index (κ3) is 5.09. The first kappa shape index (κ1) is 21.2. The Labute approximate surface area is 179 Å². The molecule has 0 aliphatic rings. The van der Waals surface area contributed by atoms with E-state index in [9.17, 15) is 13.2 Å². The molecule has 0 spiro atoms. The summed E-state index contributed by atoms with van der Waals surface area (Å²) in [4.78, 5) is 12.7. The van der Waals surface area contributed by atoms with Gasteiger partial charge in [0.2, 0.25) is 0 Å². The van der Waals surface area contributed by atoms with Crippen LogP contribution in [0.3, 0.4) is 0 Å². The van der Waals surface area contributed by atoms with E-state index in [0.717, 1.165) is 5.56 Å². The molecule has 3 aromatic rings. The summed E-state index contributed by atoms with van der Waals surface area (Å²) in [6, 6.07) is 15.8. The van der Waals surface area contributed by atoms with Crippen molar-refractivity contribution >= 4 is 50.5 Å². The van der Waals surface area contributed by atoms with Gasteiger partial charge in [-0.3, -0.25) is 9.52 Å². The van der Waals surface area contributed by atoms with Crippen molar-refractivity contribution in [2.45, 2.75) is 18.7 Å². The quantitative estimate of drug-likeness (QED) is 0.528. The Morgan fingerprint density at radius 3 is 2.00 bits per heavy atom. The number of halogens is 2. The van der Waals surface area contributed by atoms with Gasteiger partial charge in [0.25, 0.3) is 15.9 Å². The average molecular weight is 449 g/mol. The first-order valence-electron chi connectivity index (χ1n) is 8.62. The molecule has 0 radical (unpaired) electrons. The van der Waals surface area contributed by atoms with Gasteiger partial charge in [-0.25, -0.2) is 8.42 Å². The molecule has 0 unspecified atom stereocenters. The maximum atomic E-state index is 12.6. The number of sulfonamides is 1. The van der Waals surface area contributed by atoms with Crippen LogP contribution in [0.5, 0.6) is 0 Å². The van der Waals surface area contributed by atoms with Crippen LogP contribution in [-0.2, 0) is 10.0 Å². The Morgan fingerprint density at radius 2 is 1.38 bits per heavy atom. The van der Waals surface area contributed by atoms with Gasteiger partial charge >= 0.3 is 0 Å². The molecule has 3 aromatic carbocycles. The number of amides is 1. The smallest absolute Gasteiger partial charge is 0.261 e. The highest BCUT2D eigenvalue weighted by molar-refractivity contribution is 7.92. The van der Waals surface area contributed by atoms with Crippen LogP contribution < -0.4 is 10.0 Å². The van der Waals surface area contributed by atoms with Crippen molar-refractivity contribution in [1.82, 2.24) is 0 Å². The number of hydrogen-bond donors (Lipinski definition) is 2. The second kappa shape index (κ2) is 8.45. The standard InChI is InChI=1S/C21H18Cl2N2O3S/c1-13-11-15(21(26)24-19-10-6-17(23)12-14(19)2)3-9-20(13)25-29(27,28)18-7-4-16(22)5-8-18/h3-12,25H,1-2H3,(H,24,26). The Kier molecular flexibility index (Phi) is 6.17. The molecule has 0 heterocycles. The molecule has 5 nitrogen and oxygen atoms in total. The molecular formula is C21H18Cl2N2O3S. The van der Waals surface area contributed by atoms with Gasteiger partial charge in [0.05, 0.1) is 10.6 Å². The summed E-state index contributed by atoms with van der Waals surface area (Å²) in [6.45, 7) is 3.57. The largest absolute Gasteiger partial charge is 0.322 e. The Bertz CT molecular complexity index is 1180. The predicted molar refractivity (Wildman–Crippen MR) is 118 cm³/mol. The maximum Gasteiger partial charge on any atom is 0.261 e. The van der Waals surface area contributed by atoms with Gasteiger partial charge in [-0.1, -0.05) is 23.2 Å². The number of benzene rings is 3. The summed E-state index contributed by atoms with van der Waals surface area (Å²) in [6.07, 6.45) is 0. The second-order valence-electron chi connectivity index (χ2n) is 6.50. The van der Waals surface area contributed by atoms with Crippen LogP contribution in [0.1, 0.15) is 21.5 Å². The van der Waals surface area contributed by atoms with E-state index >= 15 is 0 Å². The molecule has 0 saturated heterocycles. The van der Waals surface area contributed by atoms with Crippen molar-refractivity contribution in [1.29, 1.82) is 0 Å². The lowest BCUT2D eigenvalue weighted by Crippen LogP contribution is -2.15. The summed E-state index contributed by atoms with van der Waals surface area (Å²) in [5.74, 6) is -0.300. The van der Waals surface area contributed by atoms with Crippen LogP contribution in [0.15, 0.2) is 65.6 Å². The molecule has 2 N–H and O–H groups in total. The topological polar surface area (TPSA) is 75.3 Å². The molecule has 29 heavy (non-hydrogen) atoms. The van der Waals surface area contributed by atoms with E-state index < -0.39 is 10.0 Å². The zero-order chi connectivity index (χ0) is 21.2. The zero-order valence-corrected chi connectivity index (χ0v) is 18.0. The van der Waals surface area contributed by atoms with Crippen molar-refractivity contribution in [2.24, 2.45) is 0 Å². The lowest BCUT2D eigenvalue weighted by Gasteiger charge is -2.13. The van der Waals surface area contributed by atoms with Crippen molar-refractivity contribution < 1.29 is 13.2 Å². The highest BCUT2D eigenvalue weighted by Crippen LogP contribution is 2.24. The highest BCUT2D eigenvalue weighted by atomic mass is 35.5. The summed E-state index contributed by atoms with van der Waals surface area (Å²) in [5.41, 5.74) is 2.91. The minimum atomic E-state index is -3.77. The molecule has 0 atom stereocenters. The van der Waals surface area contributed by atoms with Crippen molar-refractivity contribution in [2.75, 3.05) is 10.0 Å². The van der Waals surface area contributed by atoms with Gasteiger partial charge in [0.1, 0.15) is 0 Å².